The molecule has 0 amide bonds. The molecule has 0 fully saturated rings. The van der Waals surface area contributed by atoms with Crippen molar-refractivity contribution in [3.8, 4) is 33.0 Å². The molecule has 0 saturated heterocycles. The van der Waals surface area contributed by atoms with Crippen molar-refractivity contribution in [3.63, 3.8) is 0 Å². The van der Waals surface area contributed by atoms with Gasteiger partial charge in [0.2, 0.25) is 0 Å². The lowest BCUT2D eigenvalue weighted by atomic mass is 9.96. The van der Waals surface area contributed by atoms with Crippen molar-refractivity contribution in [2.24, 2.45) is 0 Å². The standard InChI is InChI=1S/C23H17FN2O3S/c1-29-26-20-9-5-3-6-16(20)15-11-10-14(12-18(15)23(27)28)22-25-21(13-30-22)17-7-2-4-8-19(17)24/h2-13,26H,1H3,(H,27,28)/p+1. The van der Waals surface area contributed by atoms with Gasteiger partial charge in [-0.15, -0.1) is 11.3 Å². The van der Waals surface area contributed by atoms with Crippen LogP contribution in [-0.4, -0.2) is 23.2 Å². The molecule has 0 aliphatic rings. The molecule has 5 nitrogen and oxygen atoms in total. The molecule has 0 aliphatic carbocycles. The summed E-state index contributed by atoms with van der Waals surface area (Å²) in [5.74, 6) is -1.38. The van der Waals surface area contributed by atoms with E-state index in [4.69, 9.17) is 4.84 Å². The molecule has 4 rings (SSSR count). The van der Waals surface area contributed by atoms with Gasteiger partial charge in [0.15, 0.2) is 5.69 Å². The first kappa shape index (κ1) is 19.9. The number of halogens is 1. The Hall–Kier alpha value is -3.39. The number of benzene rings is 3. The maximum atomic E-state index is 14.1. The van der Waals surface area contributed by atoms with E-state index >= 15 is 0 Å². The number of hydrogen-bond donors (Lipinski definition) is 2. The Morgan fingerprint density at radius 3 is 2.50 bits per heavy atom. The third-order valence-electron chi connectivity index (χ3n) is 4.65. The molecule has 0 atom stereocenters. The smallest absolute Gasteiger partial charge is 0.336 e. The van der Waals surface area contributed by atoms with Gasteiger partial charge in [-0.05, 0) is 24.3 Å². The second kappa shape index (κ2) is 8.54. The maximum absolute atomic E-state index is 14.1. The molecule has 3 aromatic carbocycles. The number of aromatic carboxylic acids is 1. The summed E-state index contributed by atoms with van der Waals surface area (Å²) in [7, 11) is 1.55. The third-order valence-corrected chi connectivity index (χ3v) is 5.54. The Bertz CT molecular complexity index is 1220. The predicted molar refractivity (Wildman–Crippen MR) is 114 cm³/mol. The number of carboxylic acid groups (broad SMARTS) is 1. The monoisotopic (exact) mass is 421 g/mol. The van der Waals surface area contributed by atoms with E-state index in [1.54, 1.807) is 48.3 Å². The van der Waals surface area contributed by atoms with Crippen LogP contribution in [-0.2, 0) is 4.84 Å². The minimum absolute atomic E-state index is 0.159. The molecule has 3 N–H and O–H groups in total. The highest BCUT2D eigenvalue weighted by atomic mass is 32.1. The highest BCUT2D eigenvalue weighted by Gasteiger charge is 2.19. The fourth-order valence-corrected chi connectivity index (χ4v) is 4.08. The number of nitrogens with two attached hydrogens (primary N) is 1. The van der Waals surface area contributed by atoms with Crippen LogP contribution in [0.5, 0.6) is 0 Å². The molecule has 1 heterocycles. The predicted octanol–water partition coefficient (Wildman–Crippen LogP) is 4.74. The van der Waals surface area contributed by atoms with Gasteiger partial charge in [-0.3, -0.25) is 0 Å². The van der Waals surface area contributed by atoms with E-state index in [2.05, 4.69) is 4.98 Å². The van der Waals surface area contributed by atoms with Crippen molar-refractivity contribution in [2.45, 2.75) is 0 Å². The summed E-state index contributed by atoms with van der Waals surface area (Å²) in [5.41, 5.74) is 5.47. The average molecular weight is 421 g/mol. The summed E-state index contributed by atoms with van der Waals surface area (Å²) >= 11 is 1.34. The first-order valence-corrected chi connectivity index (χ1v) is 10.00. The van der Waals surface area contributed by atoms with Gasteiger partial charge in [-0.2, -0.15) is 5.48 Å². The van der Waals surface area contributed by atoms with Gasteiger partial charge in [0.05, 0.1) is 18.4 Å². The Balaban J connectivity index is 1.77. The number of nitrogens with zero attached hydrogens (tertiary/aromatic N) is 1. The zero-order valence-electron chi connectivity index (χ0n) is 16.0. The SMILES string of the molecule is CO[NH2+]c1ccccc1-c1ccc(-c2nc(-c3ccccc3F)cs2)cc1C(=O)O. The van der Waals surface area contributed by atoms with Gasteiger partial charge in [0, 0.05) is 33.7 Å². The molecular weight excluding hydrogens is 403 g/mol. The molecule has 30 heavy (non-hydrogen) atoms. The van der Waals surface area contributed by atoms with Crippen molar-refractivity contribution in [3.05, 3.63) is 83.5 Å². The number of quaternary nitrogens is 1. The first-order valence-electron chi connectivity index (χ1n) is 9.12. The van der Waals surface area contributed by atoms with Crippen molar-refractivity contribution >= 4 is 23.0 Å². The lowest BCUT2D eigenvalue weighted by Gasteiger charge is -2.10. The number of rotatable bonds is 6. The topological polar surface area (TPSA) is 76.0 Å². The molecule has 1 aromatic heterocycles. The van der Waals surface area contributed by atoms with E-state index in [0.717, 1.165) is 11.3 Å². The molecule has 4 aromatic rings. The van der Waals surface area contributed by atoms with E-state index < -0.39 is 5.97 Å². The Morgan fingerprint density at radius 1 is 1.03 bits per heavy atom. The molecule has 0 radical (unpaired) electrons. The van der Waals surface area contributed by atoms with Gasteiger partial charge in [-0.25, -0.2) is 19.0 Å². The fourth-order valence-electron chi connectivity index (χ4n) is 3.26. The van der Waals surface area contributed by atoms with Crippen molar-refractivity contribution in [1.29, 1.82) is 0 Å². The van der Waals surface area contributed by atoms with E-state index in [1.165, 1.54) is 17.4 Å². The number of thiazole rings is 1. The van der Waals surface area contributed by atoms with Crippen LogP contribution in [0.15, 0.2) is 72.1 Å². The summed E-state index contributed by atoms with van der Waals surface area (Å²) in [5, 5.41) is 12.2. The van der Waals surface area contributed by atoms with Crippen LogP contribution in [0.2, 0.25) is 0 Å². The minimum Gasteiger partial charge on any atom is -0.478 e. The summed E-state index contributed by atoms with van der Waals surface area (Å²) < 4.78 is 14.1. The molecule has 0 unspecified atom stereocenters. The van der Waals surface area contributed by atoms with Gasteiger partial charge >= 0.3 is 5.97 Å². The highest BCUT2D eigenvalue weighted by molar-refractivity contribution is 7.13. The molecule has 0 aliphatic heterocycles. The Kier molecular flexibility index (Phi) is 5.67. The average Bonchev–Trinajstić information content (AvgIpc) is 3.24. The van der Waals surface area contributed by atoms with Crippen LogP contribution in [0.3, 0.4) is 0 Å². The van der Waals surface area contributed by atoms with E-state index in [-0.39, 0.29) is 11.4 Å². The lowest BCUT2D eigenvalue weighted by Crippen LogP contribution is -2.76. The first-order chi connectivity index (χ1) is 14.6. The highest BCUT2D eigenvalue weighted by Crippen LogP contribution is 2.34. The Labute approximate surface area is 176 Å². The molecular formula is C23H18FN2O3S+. The van der Waals surface area contributed by atoms with Crippen molar-refractivity contribution < 1.29 is 24.6 Å². The van der Waals surface area contributed by atoms with E-state index in [1.807, 2.05) is 30.3 Å². The largest absolute Gasteiger partial charge is 0.478 e. The van der Waals surface area contributed by atoms with Crippen LogP contribution >= 0.6 is 11.3 Å². The van der Waals surface area contributed by atoms with Crippen LogP contribution < -0.4 is 5.48 Å². The number of carbonyl (C=O) groups is 1. The quantitative estimate of drug-likeness (QED) is 0.348. The summed E-state index contributed by atoms with van der Waals surface area (Å²) in [4.78, 5) is 21.7. The summed E-state index contributed by atoms with van der Waals surface area (Å²) in [6.45, 7) is 0. The molecule has 0 spiro atoms. The van der Waals surface area contributed by atoms with Crippen molar-refractivity contribution in [2.75, 3.05) is 7.11 Å². The lowest BCUT2D eigenvalue weighted by molar-refractivity contribution is -0.829. The second-order valence-corrected chi connectivity index (χ2v) is 7.38. The van der Waals surface area contributed by atoms with Gasteiger partial charge < -0.3 is 5.11 Å². The van der Waals surface area contributed by atoms with Crippen LogP contribution in [0, 0.1) is 5.82 Å². The number of aromatic nitrogens is 1. The maximum Gasteiger partial charge on any atom is 0.336 e. The molecule has 7 heteroatoms. The zero-order chi connectivity index (χ0) is 21.1. The van der Waals surface area contributed by atoms with Crippen LogP contribution in [0.25, 0.3) is 33.0 Å². The Morgan fingerprint density at radius 2 is 1.77 bits per heavy atom. The van der Waals surface area contributed by atoms with Gasteiger partial charge in [-0.1, -0.05) is 36.4 Å². The van der Waals surface area contributed by atoms with Gasteiger partial charge in [0.25, 0.3) is 0 Å². The summed E-state index contributed by atoms with van der Waals surface area (Å²) in [6, 6.07) is 19.1. The van der Waals surface area contributed by atoms with Crippen LogP contribution in [0.1, 0.15) is 10.4 Å². The second-order valence-electron chi connectivity index (χ2n) is 6.52. The zero-order valence-corrected chi connectivity index (χ0v) is 16.8. The van der Waals surface area contributed by atoms with Gasteiger partial charge in [0.1, 0.15) is 10.8 Å². The summed E-state index contributed by atoms with van der Waals surface area (Å²) in [6.07, 6.45) is 0. The third kappa shape index (κ3) is 3.86. The van der Waals surface area contributed by atoms with E-state index in [9.17, 15) is 14.3 Å². The molecule has 0 bridgehead atoms. The number of hydrogen-bond acceptors (Lipinski definition) is 4. The number of carboxylic acids is 1. The fraction of sp³-hybridized carbons (Fsp3) is 0.0435. The molecule has 150 valence electrons. The molecule has 0 saturated carbocycles. The van der Waals surface area contributed by atoms with Crippen LogP contribution in [0.4, 0.5) is 10.1 Å². The minimum atomic E-state index is -1.04. The van der Waals surface area contributed by atoms with E-state index in [0.29, 0.717) is 27.4 Å². The van der Waals surface area contributed by atoms with Crippen molar-refractivity contribution in [1.82, 2.24) is 4.98 Å². The normalized spacial score (nSPS) is 10.9.